The molecule has 3 heteroatoms. The van der Waals surface area contributed by atoms with Gasteiger partial charge in [-0.2, -0.15) is 0 Å². The number of benzene rings is 1. The molecular formula is C14H22O3. The molecule has 0 spiro atoms. The zero-order chi connectivity index (χ0) is 12.7. The smallest absolute Gasteiger partial charge is 0.160 e. The number of methoxy groups -OCH3 is 1. The zero-order valence-electron chi connectivity index (χ0n) is 10.6. The van der Waals surface area contributed by atoms with Crippen LogP contribution in [0.3, 0.4) is 0 Å². The van der Waals surface area contributed by atoms with Crippen LogP contribution in [0.25, 0.3) is 0 Å². The van der Waals surface area contributed by atoms with Crippen LogP contribution in [0.2, 0.25) is 0 Å². The average Bonchev–Trinajstić information content (AvgIpc) is 2.35. The number of unbranched alkanes of at least 4 members (excludes halogenated alkanes) is 1. The second-order valence-corrected chi connectivity index (χ2v) is 4.34. The summed E-state index contributed by atoms with van der Waals surface area (Å²) >= 11 is 0. The fourth-order valence-electron chi connectivity index (χ4n) is 1.79. The average molecular weight is 238 g/mol. The summed E-state index contributed by atoms with van der Waals surface area (Å²) in [6.45, 7) is 2.12. The summed E-state index contributed by atoms with van der Waals surface area (Å²) in [6.07, 6.45) is 4.39. The van der Waals surface area contributed by atoms with Gasteiger partial charge in [0.1, 0.15) is 0 Å². The lowest BCUT2D eigenvalue weighted by molar-refractivity contribution is 0.152. The van der Waals surface area contributed by atoms with Gasteiger partial charge in [-0.05, 0) is 37.0 Å². The van der Waals surface area contributed by atoms with Crippen molar-refractivity contribution in [3.63, 3.8) is 0 Å². The second kappa shape index (κ2) is 7.17. The molecule has 17 heavy (non-hydrogen) atoms. The van der Waals surface area contributed by atoms with Crippen LogP contribution in [0.5, 0.6) is 11.5 Å². The van der Waals surface area contributed by atoms with Gasteiger partial charge in [0.2, 0.25) is 0 Å². The van der Waals surface area contributed by atoms with E-state index in [1.807, 2.05) is 12.1 Å². The molecule has 0 aliphatic rings. The van der Waals surface area contributed by atoms with Crippen molar-refractivity contribution in [1.29, 1.82) is 0 Å². The maximum Gasteiger partial charge on any atom is 0.160 e. The van der Waals surface area contributed by atoms with E-state index in [0.717, 1.165) is 37.7 Å². The van der Waals surface area contributed by atoms with E-state index in [0.29, 0.717) is 5.75 Å². The van der Waals surface area contributed by atoms with E-state index in [1.165, 1.54) is 7.11 Å². The molecule has 0 bridgehead atoms. The summed E-state index contributed by atoms with van der Waals surface area (Å²) in [4.78, 5) is 0. The van der Waals surface area contributed by atoms with Crippen LogP contribution in [0.1, 0.15) is 38.2 Å². The van der Waals surface area contributed by atoms with Crippen molar-refractivity contribution in [2.24, 2.45) is 0 Å². The number of phenols is 1. The lowest BCUT2D eigenvalue weighted by Crippen LogP contribution is -2.07. The molecule has 1 rings (SSSR count). The molecule has 0 fully saturated rings. The molecule has 1 atom stereocenters. The highest BCUT2D eigenvalue weighted by Crippen LogP contribution is 2.27. The highest BCUT2D eigenvalue weighted by atomic mass is 16.5. The normalized spacial score (nSPS) is 12.4. The summed E-state index contributed by atoms with van der Waals surface area (Å²) in [6, 6.07) is 5.32. The highest BCUT2D eigenvalue weighted by Gasteiger charge is 2.06. The van der Waals surface area contributed by atoms with Gasteiger partial charge in [-0.25, -0.2) is 0 Å². The van der Waals surface area contributed by atoms with Crippen LogP contribution < -0.4 is 4.74 Å². The van der Waals surface area contributed by atoms with Gasteiger partial charge in [0, 0.05) is 0 Å². The van der Waals surface area contributed by atoms with Crippen molar-refractivity contribution in [2.45, 2.75) is 45.1 Å². The first-order valence-corrected chi connectivity index (χ1v) is 6.21. The van der Waals surface area contributed by atoms with Gasteiger partial charge in [0.05, 0.1) is 13.2 Å². The maximum absolute atomic E-state index is 9.74. The molecule has 0 aromatic heterocycles. The number of aryl methyl sites for hydroxylation is 1. The third-order valence-electron chi connectivity index (χ3n) is 2.90. The SMILES string of the molecule is CCCCC(O)CCc1ccc(O)c(OC)c1. The van der Waals surface area contributed by atoms with Gasteiger partial charge >= 0.3 is 0 Å². The second-order valence-electron chi connectivity index (χ2n) is 4.34. The molecule has 3 nitrogen and oxygen atoms in total. The zero-order valence-corrected chi connectivity index (χ0v) is 10.6. The molecule has 2 N–H and O–H groups in total. The van der Waals surface area contributed by atoms with Crippen LogP contribution in [-0.4, -0.2) is 23.4 Å². The van der Waals surface area contributed by atoms with Crippen molar-refractivity contribution in [3.05, 3.63) is 23.8 Å². The van der Waals surface area contributed by atoms with Crippen LogP contribution in [0.15, 0.2) is 18.2 Å². The van der Waals surface area contributed by atoms with Gasteiger partial charge in [0.25, 0.3) is 0 Å². The monoisotopic (exact) mass is 238 g/mol. The molecule has 0 radical (unpaired) electrons. The maximum atomic E-state index is 9.74. The molecule has 1 aromatic carbocycles. The Bertz CT molecular complexity index is 336. The largest absolute Gasteiger partial charge is 0.504 e. The third-order valence-corrected chi connectivity index (χ3v) is 2.90. The van der Waals surface area contributed by atoms with Gasteiger partial charge in [0.15, 0.2) is 11.5 Å². The Kier molecular flexibility index (Phi) is 5.84. The number of ether oxygens (including phenoxy) is 1. The minimum absolute atomic E-state index is 0.155. The van der Waals surface area contributed by atoms with Gasteiger partial charge in [-0.3, -0.25) is 0 Å². The Morgan fingerprint density at radius 3 is 2.71 bits per heavy atom. The van der Waals surface area contributed by atoms with Crippen LogP contribution in [0, 0.1) is 0 Å². The van der Waals surface area contributed by atoms with E-state index < -0.39 is 0 Å². The summed E-state index contributed by atoms with van der Waals surface area (Å²) in [5.41, 5.74) is 1.08. The topological polar surface area (TPSA) is 49.7 Å². The Hall–Kier alpha value is -1.22. The summed E-state index contributed by atoms with van der Waals surface area (Å²) in [5.74, 6) is 0.647. The Morgan fingerprint density at radius 2 is 2.06 bits per heavy atom. The van der Waals surface area contributed by atoms with Gasteiger partial charge < -0.3 is 14.9 Å². The molecule has 0 amide bonds. The lowest BCUT2D eigenvalue weighted by Gasteiger charge is -2.10. The Morgan fingerprint density at radius 1 is 1.29 bits per heavy atom. The third kappa shape index (κ3) is 4.65. The minimum Gasteiger partial charge on any atom is -0.504 e. The number of aliphatic hydroxyl groups is 1. The van der Waals surface area contributed by atoms with E-state index in [2.05, 4.69) is 6.92 Å². The predicted molar refractivity (Wildman–Crippen MR) is 68.5 cm³/mol. The van der Waals surface area contributed by atoms with Crippen molar-refractivity contribution in [3.8, 4) is 11.5 Å². The van der Waals surface area contributed by atoms with Gasteiger partial charge in [-0.1, -0.05) is 25.8 Å². The quantitative estimate of drug-likeness (QED) is 0.768. The lowest BCUT2D eigenvalue weighted by atomic mass is 10.0. The van der Waals surface area contributed by atoms with Crippen molar-refractivity contribution >= 4 is 0 Å². The Labute approximate surface area is 103 Å². The first kappa shape index (κ1) is 13.8. The highest BCUT2D eigenvalue weighted by molar-refractivity contribution is 5.41. The summed E-state index contributed by atoms with van der Waals surface area (Å²) in [5, 5.41) is 19.2. The fraction of sp³-hybridized carbons (Fsp3) is 0.571. The molecule has 0 aliphatic heterocycles. The number of aliphatic hydroxyl groups excluding tert-OH is 1. The van der Waals surface area contributed by atoms with E-state index >= 15 is 0 Å². The van der Waals surface area contributed by atoms with E-state index in [1.54, 1.807) is 6.07 Å². The number of hydrogen-bond donors (Lipinski definition) is 2. The summed E-state index contributed by atoms with van der Waals surface area (Å²) < 4.78 is 5.04. The number of rotatable bonds is 7. The molecule has 96 valence electrons. The first-order valence-electron chi connectivity index (χ1n) is 6.21. The Balaban J connectivity index is 2.46. The number of hydrogen-bond acceptors (Lipinski definition) is 3. The van der Waals surface area contributed by atoms with Crippen molar-refractivity contribution in [2.75, 3.05) is 7.11 Å². The van der Waals surface area contributed by atoms with E-state index in [4.69, 9.17) is 4.74 Å². The molecular weight excluding hydrogens is 216 g/mol. The van der Waals surface area contributed by atoms with E-state index in [9.17, 15) is 10.2 Å². The number of phenolic OH excluding ortho intramolecular Hbond substituents is 1. The molecule has 0 saturated heterocycles. The van der Waals surface area contributed by atoms with Crippen LogP contribution in [0.4, 0.5) is 0 Å². The summed E-state index contributed by atoms with van der Waals surface area (Å²) in [7, 11) is 1.54. The minimum atomic E-state index is -0.227. The molecule has 1 aromatic rings. The van der Waals surface area contributed by atoms with Crippen molar-refractivity contribution < 1.29 is 14.9 Å². The first-order chi connectivity index (χ1) is 8.17. The molecule has 0 aliphatic carbocycles. The standard InChI is InChI=1S/C14H22O3/c1-3-4-5-12(15)8-6-11-7-9-13(16)14(10-11)17-2/h7,9-10,12,15-16H,3-6,8H2,1-2H3. The van der Waals surface area contributed by atoms with Crippen LogP contribution in [-0.2, 0) is 6.42 Å². The molecule has 0 saturated carbocycles. The fourth-order valence-corrected chi connectivity index (χ4v) is 1.79. The van der Waals surface area contributed by atoms with E-state index in [-0.39, 0.29) is 11.9 Å². The molecule has 1 unspecified atom stereocenters. The predicted octanol–water partition coefficient (Wildman–Crippen LogP) is 2.88. The molecule has 0 heterocycles. The van der Waals surface area contributed by atoms with Gasteiger partial charge in [-0.15, -0.1) is 0 Å². The van der Waals surface area contributed by atoms with Crippen molar-refractivity contribution in [1.82, 2.24) is 0 Å². The number of aromatic hydroxyl groups is 1. The van der Waals surface area contributed by atoms with Crippen LogP contribution >= 0.6 is 0 Å².